The van der Waals surface area contributed by atoms with E-state index in [2.05, 4.69) is 37.3 Å². The molecule has 0 aromatic heterocycles. The molecule has 0 saturated carbocycles. The molecule has 3 rings (SSSR count). The van der Waals surface area contributed by atoms with Crippen LogP contribution in [-0.4, -0.2) is 5.17 Å². The van der Waals surface area contributed by atoms with Gasteiger partial charge in [-0.1, -0.05) is 33.6 Å². The lowest BCUT2D eigenvalue weighted by Crippen LogP contribution is -2.49. The molecule has 1 unspecified atom stereocenters. The van der Waals surface area contributed by atoms with Gasteiger partial charge in [0, 0.05) is 15.7 Å². The molecular weight excluding hydrogens is 430 g/mol. The zero-order valence-electron chi connectivity index (χ0n) is 11.6. The van der Waals surface area contributed by atoms with E-state index in [1.165, 1.54) is 5.56 Å². The molecule has 22 heavy (non-hydrogen) atoms. The number of aryl methyl sites for hydroxylation is 1. The van der Waals surface area contributed by atoms with Gasteiger partial charge >= 0.3 is 0 Å². The molecule has 1 aliphatic heterocycles. The number of fused-ring (bicyclic) bond motifs is 1. The number of anilines is 1. The molecule has 0 radical (unpaired) electrons. The van der Waals surface area contributed by atoms with Crippen LogP contribution in [0.1, 0.15) is 17.3 Å². The minimum atomic E-state index is -0.312. The van der Waals surface area contributed by atoms with Gasteiger partial charge in [-0.15, -0.1) is 0 Å². The molecule has 1 heterocycles. The summed E-state index contributed by atoms with van der Waals surface area (Å²) in [6, 6.07) is 11.9. The van der Waals surface area contributed by atoms with E-state index in [0.717, 1.165) is 20.2 Å². The van der Waals surface area contributed by atoms with Crippen molar-refractivity contribution in [3.05, 3.63) is 56.5 Å². The second-order valence-corrected chi connectivity index (χ2v) is 7.07. The zero-order valence-corrected chi connectivity index (χ0v) is 15.6. The molecule has 3 N–H and O–H groups in total. The first kappa shape index (κ1) is 15.9. The summed E-state index contributed by atoms with van der Waals surface area (Å²) in [5, 5.41) is 0.349. The predicted octanol–water partition coefficient (Wildman–Crippen LogP) is 4.17. The second kappa shape index (κ2) is 6.25. The first-order valence-corrected chi connectivity index (χ1v) is 8.53. The first-order chi connectivity index (χ1) is 10.5. The second-order valence-electron chi connectivity index (χ2n) is 4.95. The Hall–Kier alpha value is -0.990. The summed E-state index contributed by atoms with van der Waals surface area (Å²) >= 11 is 12.4. The van der Waals surface area contributed by atoms with E-state index in [-0.39, 0.29) is 6.17 Å². The van der Waals surface area contributed by atoms with Gasteiger partial charge in [0.05, 0.1) is 4.47 Å². The summed E-state index contributed by atoms with van der Waals surface area (Å²) < 4.78 is 7.59. The molecule has 114 valence electrons. The van der Waals surface area contributed by atoms with Gasteiger partial charge in [-0.2, -0.15) is 0 Å². The lowest BCUT2D eigenvalue weighted by Gasteiger charge is -2.38. The third-order valence-electron chi connectivity index (χ3n) is 3.45. The summed E-state index contributed by atoms with van der Waals surface area (Å²) in [5.74, 6) is 6.48. The van der Waals surface area contributed by atoms with E-state index in [1.807, 2.05) is 48.2 Å². The monoisotopic (exact) mass is 441 g/mol. The summed E-state index contributed by atoms with van der Waals surface area (Å²) in [7, 11) is 0. The molecule has 0 amide bonds. The van der Waals surface area contributed by atoms with Crippen LogP contribution >= 0.6 is 44.1 Å². The average Bonchev–Trinajstić information content (AvgIpc) is 2.48. The number of hydrogen-bond donors (Lipinski definition) is 2. The van der Waals surface area contributed by atoms with Crippen LogP contribution < -0.4 is 20.9 Å². The van der Waals surface area contributed by atoms with Crippen molar-refractivity contribution in [2.24, 2.45) is 5.84 Å². The van der Waals surface area contributed by atoms with Crippen molar-refractivity contribution in [1.29, 1.82) is 0 Å². The van der Waals surface area contributed by atoms with E-state index in [1.54, 1.807) is 0 Å². The highest BCUT2D eigenvalue weighted by Gasteiger charge is 2.34. The highest BCUT2D eigenvalue weighted by atomic mass is 79.9. The molecule has 1 atom stereocenters. The third kappa shape index (κ3) is 2.79. The van der Waals surface area contributed by atoms with Crippen LogP contribution in [0.25, 0.3) is 0 Å². The molecule has 7 heteroatoms. The molecule has 0 bridgehead atoms. The quantitative estimate of drug-likeness (QED) is 0.415. The summed E-state index contributed by atoms with van der Waals surface area (Å²) in [6.07, 6.45) is -0.312. The van der Waals surface area contributed by atoms with Crippen molar-refractivity contribution < 1.29 is 4.74 Å². The molecule has 0 fully saturated rings. The fraction of sp³-hybridized carbons (Fsp3) is 0.133. The van der Waals surface area contributed by atoms with Gasteiger partial charge in [0.1, 0.15) is 6.17 Å². The summed E-state index contributed by atoms with van der Waals surface area (Å²) in [6.45, 7) is 2.04. The maximum Gasteiger partial charge on any atom is 0.271 e. The molecule has 1 aliphatic rings. The highest BCUT2D eigenvalue weighted by molar-refractivity contribution is 9.11. The van der Waals surface area contributed by atoms with E-state index in [0.29, 0.717) is 10.9 Å². The number of hydrazine groups is 1. The van der Waals surface area contributed by atoms with Crippen molar-refractivity contribution in [2.75, 3.05) is 4.90 Å². The minimum Gasteiger partial charge on any atom is -0.430 e. The van der Waals surface area contributed by atoms with Crippen molar-refractivity contribution in [3.63, 3.8) is 0 Å². The standard InChI is InChI=1S/C15H13Br2N3OS/c1-8-2-4-10(5-3-8)20-14(19-18)11-6-9(16)7-12(17)13(11)21-15(20)22/h2-7,14,19H,18H2,1H3. The van der Waals surface area contributed by atoms with Crippen LogP contribution in [0.4, 0.5) is 5.69 Å². The third-order valence-corrected chi connectivity index (χ3v) is 4.77. The molecule has 0 saturated heterocycles. The Balaban J connectivity index is 2.12. The van der Waals surface area contributed by atoms with Gasteiger partial charge in [-0.3, -0.25) is 10.7 Å². The highest BCUT2D eigenvalue weighted by Crippen LogP contribution is 2.42. The Morgan fingerprint density at radius 2 is 1.91 bits per heavy atom. The van der Waals surface area contributed by atoms with Crippen LogP contribution in [-0.2, 0) is 0 Å². The number of nitrogens with one attached hydrogen (secondary N) is 1. The van der Waals surface area contributed by atoms with Crippen molar-refractivity contribution >= 4 is 54.9 Å². The molecule has 0 spiro atoms. The zero-order chi connectivity index (χ0) is 15.9. The number of nitrogens with two attached hydrogens (primary N) is 1. The van der Waals surface area contributed by atoms with E-state index >= 15 is 0 Å². The van der Waals surface area contributed by atoms with Crippen LogP contribution in [0.3, 0.4) is 0 Å². The Labute approximate surface area is 150 Å². The summed E-state index contributed by atoms with van der Waals surface area (Å²) in [5.41, 5.74) is 5.82. The number of hydrogen-bond acceptors (Lipinski definition) is 4. The van der Waals surface area contributed by atoms with E-state index < -0.39 is 0 Å². The van der Waals surface area contributed by atoms with Crippen molar-refractivity contribution in [2.45, 2.75) is 13.1 Å². The number of thiocarbonyl (C=S) groups is 1. The van der Waals surface area contributed by atoms with Gasteiger partial charge in [-0.05, 0) is 59.3 Å². The van der Waals surface area contributed by atoms with Gasteiger partial charge in [0.2, 0.25) is 0 Å². The molecule has 0 aliphatic carbocycles. The lowest BCUT2D eigenvalue weighted by atomic mass is 10.1. The van der Waals surface area contributed by atoms with Gasteiger partial charge in [0.25, 0.3) is 5.17 Å². The Kier molecular flexibility index (Phi) is 4.52. The van der Waals surface area contributed by atoms with Crippen LogP contribution in [0.5, 0.6) is 5.75 Å². The van der Waals surface area contributed by atoms with Crippen LogP contribution in [0.2, 0.25) is 0 Å². The lowest BCUT2D eigenvalue weighted by molar-refractivity contribution is 0.446. The topological polar surface area (TPSA) is 50.5 Å². The maximum atomic E-state index is 5.84. The average molecular weight is 443 g/mol. The Bertz CT molecular complexity index is 736. The molecule has 4 nitrogen and oxygen atoms in total. The first-order valence-electron chi connectivity index (χ1n) is 6.54. The number of ether oxygens (including phenoxy) is 1. The Morgan fingerprint density at radius 3 is 2.55 bits per heavy atom. The minimum absolute atomic E-state index is 0.312. The maximum absolute atomic E-state index is 5.84. The van der Waals surface area contributed by atoms with Crippen LogP contribution in [0.15, 0.2) is 45.3 Å². The summed E-state index contributed by atoms with van der Waals surface area (Å²) in [4.78, 5) is 1.86. The number of rotatable bonds is 2. The van der Waals surface area contributed by atoms with Gasteiger partial charge in [-0.25, -0.2) is 5.43 Å². The predicted molar refractivity (Wildman–Crippen MR) is 98.8 cm³/mol. The number of nitrogens with zero attached hydrogens (tertiary/aromatic N) is 1. The van der Waals surface area contributed by atoms with E-state index in [9.17, 15) is 0 Å². The van der Waals surface area contributed by atoms with Crippen molar-refractivity contribution in [3.8, 4) is 5.75 Å². The smallest absolute Gasteiger partial charge is 0.271 e. The van der Waals surface area contributed by atoms with Crippen molar-refractivity contribution in [1.82, 2.24) is 5.43 Å². The van der Waals surface area contributed by atoms with Crippen LogP contribution in [0, 0.1) is 6.92 Å². The van der Waals surface area contributed by atoms with Gasteiger partial charge < -0.3 is 4.74 Å². The molecule has 2 aromatic carbocycles. The Morgan fingerprint density at radius 1 is 1.23 bits per heavy atom. The molecule has 2 aromatic rings. The number of benzene rings is 2. The SMILES string of the molecule is Cc1ccc(N2C(=S)Oc3c(Br)cc(Br)cc3C2NN)cc1. The molecular formula is C15H13Br2N3OS. The fourth-order valence-corrected chi connectivity index (χ4v) is 4.03. The van der Waals surface area contributed by atoms with Gasteiger partial charge in [0.15, 0.2) is 5.75 Å². The van der Waals surface area contributed by atoms with E-state index in [4.69, 9.17) is 22.8 Å². The fourth-order valence-electron chi connectivity index (χ4n) is 2.40. The largest absolute Gasteiger partial charge is 0.430 e. The number of halogens is 2. The normalized spacial score (nSPS) is 17.2.